The summed E-state index contributed by atoms with van der Waals surface area (Å²) < 4.78 is 16.9. The summed E-state index contributed by atoms with van der Waals surface area (Å²) in [4.78, 5) is 38.3. The van der Waals surface area contributed by atoms with Gasteiger partial charge in [-0.05, 0) is 154 Å². The quantitative estimate of drug-likeness (QED) is 0.0261. The summed E-state index contributed by atoms with van der Waals surface area (Å²) >= 11 is 0. The van der Waals surface area contributed by atoms with E-state index in [-0.39, 0.29) is 31.1 Å². The van der Waals surface area contributed by atoms with Crippen molar-refractivity contribution in [2.45, 2.75) is 290 Å². The molecule has 1 atom stereocenters. The number of unbranched alkanes of at least 4 members (excludes halogenated alkanes) is 22. The van der Waals surface area contributed by atoms with Crippen molar-refractivity contribution < 1.29 is 28.6 Å². The van der Waals surface area contributed by atoms with Gasteiger partial charge in [-0.3, -0.25) is 14.4 Å². The van der Waals surface area contributed by atoms with Gasteiger partial charge in [0.15, 0.2) is 6.10 Å². The van der Waals surface area contributed by atoms with Gasteiger partial charge in [0.25, 0.3) is 0 Å². The van der Waals surface area contributed by atoms with Crippen LogP contribution in [0.5, 0.6) is 0 Å². The molecule has 0 aliphatic heterocycles. The molecule has 6 heteroatoms. The van der Waals surface area contributed by atoms with Crippen molar-refractivity contribution in [3.05, 3.63) is 158 Å². The second kappa shape index (κ2) is 68.5. The molecule has 0 rings (SSSR count). The van der Waals surface area contributed by atoms with E-state index in [1.165, 1.54) is 103 Å². The normalized spacial score (nSPS) is 13.2. The standard InChI is InChI=1S/C76H122O6/c1-4-7-10-13-16-19-22-25-27-29-31-32-33-34-35-36-37-38-39-40-41-42-43-44-46-47-49-51-54-57-60-63-66-69-75(78)81-72-73(71-80-74(77)68-65-62-59-56-53-24-21-18-15-12-9-6-3)82-76(79)70-67-64-61-58-55-52-50-48-45-30-28-26-23-20-17-14-11-8-5-2/h7,10,16-21,25-28,31-32,34-35,37-38,40-41,43-44,47,49,54,57,73H,4-6,8-9,11-15,22-24,29-30,33,36,39,42,45-46,48,50-53,55-56,58-72H2,1-3H3/b10-7-,19-16-,20-17-,21-18-,27-25-,28-26-,32-31-,35-34-,38-37-,41-40-,44-43-,49-47-,57-54-. The Morgan fingerprint density at radius 2 is 0.476 bits per heavy atom. The Hall–Kier alpha value is -4.97. The van der Waals surface area contributed by atoms with Gasteiger partial charge in [-0.1, -0.05) is 269 Å². The van der Waals surface area contributed by atoms with Gasteiger partial charge in [-0.25, -0.2) is 0 Å². The van der Waals surface area contributed by atoms with Gasteiger partial charge in [0.2, 0.25) is 0 Å². The topological polar surface area (TPSA) is 78.9 Å². The van der Waals surface area contributed by atoms with Crippen LogP contribution in [0.2, 0.25) is 0 Å². The van der Waals surface area contributed by atoms with E-state index >= 15 is 0 Å². The first-order valence-corrected chi connectivity index (χ1v) is 33.5. The van der Waals surface area contributed by atoms with E-state index in [2.05, 4.69) is 179 Å². The lowest BCUT2D eigenvalue weighted by Crippen LogP contribution is -2.30. The number of carbonyl (C=O) groups excluding carboxylic acids is 3. The molecule has 0 fully saturated rings. The van der Waals surface area contributed by atoms with Crippen LogP contribution in [0.25, 0.3) is 0 Å². The monoisotopic (exact) mass is 1130 g/mol. The SMILES string of the molecule is CC/C=C\C/C=C\C/C=C\C/C=C\C/C=C\C/C=C\C/C=C\C/C=C\C/C=C\C/C=C\CCCCC(=O)OCC(COC(=O)CCCCCCC/C=C\CCCCC)OC(=O)CCCCCCCCCCC/C=C\C/C=C\CCCCC. The molecule has 0 heterocycles. The van der Waals surface area contributed by atoms with Crippen LogP contribution < -0.4 is 0 Å². The number of carbonyl (C=O) groups is 3. The van der Waals surface area contributed by atoms with Crippen molar-refractivity contribution in [1.29, 1.82) is 0 Å². The van der Waals surface area contributed by atoms with E-state index in [1.807, 2.05) is 0 Å². The molecule has 6 nitrogen and oxygen atoms in total. The van der Waals surface area contributed by atoms with Crippen LogP contribution in [-0.2, 0) is 28.6 Å². The lowest BCUT2D eigenvalue weighted by molar-refractivity contribution is -0.167. The average molecular weight is 1130 g/mol. The fourth-order valence-corrected chi connectivity index (χ4v) is 8.73. The molecule has 82 heavy (non-hydrogen) atoms. The van der Waals surface area contributed by atoms with Crippen LogP contribution in [0.3, 0.4) is 0 Å². The highest BCUT2D eigenvalue weighted by molar-refractivity contribution is 5.71. The summed E-state index contributed by atoms with van der Waals surface area (Å²) in [5, 5.41) is 0. The van der Waals surface area contributed by atoms with Crippen LogP contribution in [0.1, 0.15) is 284 Å². The van der Waals surface area contributed by atoms with Crippen molar-refractivity contribution in [3.8, 4) is 0 Å². The van der Waals surface area contributed by atoms with Crippen molar-refractivity contribution in [1.82, 2.24) is 0 Å². The molecular weight excluding hydrogens is 1010 g/mol. The molecule has 0 N–H and O–H groups in total. The summed E-state index contributed by atoms with van der Waals surface area (Å²) in [6, 6.07) is 0. The Kier molecular flexibility index (Phi) is 64.4. The lowest BCUT2D eigenvalue weighted by Gasteiger charge is -2.18. The fraction of sp³-hybridized carbons (Fsp3) is 0.618. The van der Waals surface area contributed by atoms with Gasteiger partial charge in [0, 0.05) is 19.3 Å². The number of allylic oxidation sites excluding steroid dienone is 26. The molecule has 0 amide bonds. The number of esters is 3. The van der Waals surface area contributed by atoms with Gasteiger partial charge in [0.1, 0.15) is 13.2 Å². The molecule has 0 spiro atoms. The molecule has 0 radical (unpaired) electrons. The van der Waals surface area contributed by atoms with Crippen LogP contribution >= 0.6 is 0 Å². The predicted molar refractivity (Wildman–Crippen MR) is 357 cm³/mol. The van der Waals surface area contributed by atoms with Gasteiger partial charge < -0.3 is 14.2 Å². The Labute approximate surface area is 505 Å². The number of rotatable bonds is 59. The van der Waals surface area contributed by atoms with E-state index in [4.69, 9.17) is 14.2 Å². The zero-order valence-corrected chi connectivity index (χ0v) is 52.9. The minimum atomic E-state index is -0.809. The maximum absolute atomic E-state index is 12.9. The first-order valence-electron chi connectivity index (χ1n) is 33.5. The fourth-order valence-electron chi connectivity index (χ4n) is 8.73. The first kappa shape index (κ1) is 77.0. The average Bonchev–Trinajstić information content (AvgIpc) is 3.47. The minimum Gasteiger partial charge on any atom is -0.462 e. The molecule has 0 bridgehead atoms. The molecule has 0 aromatic heterocycles. The third-order valence-electron chi connectivity index (χ3n) is 13.7. The Bertz CT molecular complexity index is 1830. The molecule has 0 aromatic carbocycles. The molecule has 0 aliphatic rings. The van der Waals surface area contributed by atoms with E-state index in [9.17, 15) is 14.4 Å². The third-order valence-corrected chi connectivity index (χ3v) is 13.7. The summed E-state index contributed by atoms with van der Waals surface area (Å²) in [5.41, 5.74) is 0. The Morgan fingerprint density at radius 1 is 0.256 bits per heavy atom. The summed E-state index contributed by atoms with van der Waals surface area (Å²) in [7, 11) is 0. The second-order valence-corrected chi connectivity index (χ2v) is 21.6. The Morgan fingerprint density at radius 3 is 0.780 bits per heavy atom. The maximum atomic E-state index is 12.9. The highest BCUT2D eigenvalue weighted by Gasteiger charge is 2.19. The smallest absolute Gasteiger partial charge is 0.306 e. The molecule has 1 unspecified atom stereocenters. The van der Waals surface area contributed by atoms with Crippen molar-refractivity contribution in [2.75, 3.05) is 13.2 Å². The van der Waals surface area contributed by atoms with Gasteiger partial charge in [-0.2, -0.15) is 0 Å². The van der Waals surface area contributed by atoms with E-state index in [1.54, 1.807) is 0 Å². The van der Waals surface area contributed by atoms with E-state index in [0.717, 1.165) is 135 Å². The highest BCUT2D eigenvalue weighted by Crippen LogP contribution is 2.15. The number of hydrogen-bond donors (Lipinski definition) is 0. The second-order valence-electron chi connectivity index (χ2n) is 21.6. The molecule has 462 valence electrons. The maximum Gasteiger partial charge on any atom is 0.306 e. The highest BCUT2D eigenvalue weighted by atomic mass is 16.6. The van der Waals surface area contributed by atoms with Crippen LogP contribution in [-0.4, -0.2) is 37.2 Å². The minimum absolute atomic E-state index is 0.103. The van der Waals surface area contributed by atoms with Crippen LogP contribution in [0.4, 0.5) is 0 Å². The van der Waals surface area contributed by atoms with Crippen molar-refractivity contribution in [2.24, 2.45) is 0 Å². The summed E-state index contributed by atoms with van der Waals surface area (Å²) in [6.07, 6.45) is 99.7. The zero-order chi connectivity index (χ0) is 59.2. The lowest BCUT2D eigenvalue weighted by atomic mass is 10.1. The van der Waals surface area contributed by atoms with Crippen LogP contribution in [0.15, 0.2) is 158 Å². The van der Waals surface area contributed by atoms with Gasteiger partial charge >= 0.3 is 17.9 Å². The molecule has 0 aromatic rings. The van der Waals surface area contributed by atoms with Crippen molar-refractivity contribution in [3.63, 3.8) is 0 Å². The summed E-state index contributed by atoms with van der Waals surface area (Å²) in [5.74, 6) is -0.962. The first-order chi connectivity index (χ1) is 40.5. The molecule has 0 aliphatic carbocycles. The number of ether oxygens (including phenoxy) is 3. The van der Waals surface area contributed by atoms with Gasteiger partial charge in [-0.15, -0.1) is 0 Å². The number of hydrogen-bond acceptors (Lipinski definition) is 6. The van der Waals surface area contributed by atoms with E-state index < -0.39 is 6.10 Å². The van der Waals surface area contributed by atoms with Crippen molar-refractivity contribution >= 4 is 17.9 Å². The molecule has 0 saturated carbocycles. The largest absolute Gasteiger partial charge is 0.462 e. The van der Waals surface area contributed by atoms with Gasteiger partial charge in [0.05, 0.1) is 0 Å². The Balaban J connectivity index is 4.39. The zero-order valence-electron chi connectivity index (χ0n) is 52.9. The molecular formula is C76H122O6. The van der Waals surface area contributed by atoms with Crippen LogP contribution in [0, 0.1) is 0 Å². The molecule has 0 saturated heterocycles. The van der Waals surface area contributed by atoms with E-state index in [0.29, 0.717) is 25.7 Å². The summed E-state index contributed by atoms with van der Waals surface area (Å²) in [6.45, 7) is 6.43. The predicted octanol–water partition coefficient (Wildman–Crippen LogP) is 23.3. The third kappa shape index (κ3) is 65.8.